The van der Waals surface area contributed by atoms with Crippen molar-refractivity contribution < 1.29 is 29.0 Å². The molecule has 0 aliphatic rings. The lowest BCUT2D eigenvalue weighted by atomic mass is 10.1. The van der Waals surface area contributed by atoms with Crippen LogP contribution in [0.25, 0.3) is 11.2 Å². The van der Waals surface area contributed by atoms with Crippen LogP contribution in [0.1, 0.15) is 44.0 Å². The summed E-state index contributed by atoms with van der Waals surface area (Å²) in [6, 6.07) is 4.77. The number of aliphatic carboxylic acids is 1. The van der Waals surface area contributed by atoms with E-state index in [1.54, 1.807) is 44.9 Å². The Hall–Kier alpha value is -5.28. The van der Waals surface area contributed by atoms with Gasteiger partial charge in [0.15, 0.2) is 17.0 Å². The second-order valence-electron chi connectivity index (χ2n) is 9.54. The predicted octanol–water partition coefficient (Wildman–Crippen LogP) is 0.582. The van der Waals surface area contributed by atoms with E-state index in [9.17, 15) is 29.1 Å². The zero-order valence-corrected chi connectivity index (χ0v) is 22.1. The van der Waals surface area contributed by atoms with E-state index in [0.717, 1.165) is 0 Å². The fourth-order valence-corrected chi connectivity index (χ4v) is 3.32. The molecule has 16 heteroatoms. The van der Waals surface area contributed by atoms with Crippen LogP contribution < -0.4 is 32.4 Å². The fraction of sp³-hybridized carbons (Fsp3) is 0.333. The molecule has 3 amide bonds. The van der Waals surface area contributed by atoms with Gasteiger partial charge in [-0.2, -0.15) is 4.98 Å². The SMILES string of the molecule is CN(c1ccc(C(=O)N[C@@H](CCC(=O)NNC(=O)OC(C)(C)C)C(=O)O)cc1)c1cnc2nc(N)[nH]c(=O)c2n1. The molecule has 7 N–H and O–H groups in total. The summed E-state index contributed by atoms with van der Waals surface area (Å²) in [4.78, 5) is 76.3. The third-order valence-electron chi connectivity index (χ3n) is 5.25. The summed E-state index contributed by atoms with van der Waals surface area (Å²) in [5, 5.41) is 11.9. The van der Waals surface area contributed by atoms with Crippen LogP contribution in [-0.2, 0) is 14.3 Å². The van der Waals surface area contributed by atoms with Crippen LogP contribution in [0.2, 0.25) is 0 Å². The first-order valence-electron chi connectivity index (χ1n) is 11.9. The zero-order valence-electron chi connectivity index (χ0n) is 22.1. The predicted molar refractivity (Wildman–Crippen MR) is 143 cm³/mol. The van der Waals surface area contributed by atoms with Gasteiger partial charge in [0.2, 0.25) is 11.9 Å². The van der Waals surface area contributed by atoms with Crippen LogP contribution in [-0.4, -0.2) is 67.6 Å². The van der Waals surface area contributed by atoms with Gasteiger partial charge in [0, 0.05) is 24.7 Å². The molecule has 1 aromatic carbocycles. The highest BCUT2D eigenvalue weighted by atomic mass is 16.6. The minimum atomic E-state index is -1.37. The maximum atomic E-state index is 12.7. The Kier molecular flexibility index (Phi) is 8.82. The van der Waals surface area contributed by atoms with E-state index in [0.29, 0.717) is 11.5 Å². The Balaban J connectivity index is 1.59. The third-order valence-corrected chi connectivity index (χ3v) is 5.25. The van der Waals surface area contributed by atoms with Gasteiger partial charge in [-0.3, -0.25) is 24.8 Å². The molecule has 0 saturated heterocycles. The van der Waals surface area contributed by atoms with Crippen molar-refractivity contribution in [1.82, 2.24) is 36.1 Å². The molecule has 40 heavy (non-hydrogen) atoms. The molecule has 0 fully saturated rings. The van der Waals surface area contributed by atoms with Gasteiger partial charge in [-0.25, -0.2) is 25.0 Å². The number of carboxylic acids is 1. The second kappa shape index (κ2) is 12.1. The number of carboxylic acid groups (broad SMARTS) is 1. The van der Waals surface area contributed by atoms with Crippen LogP contribution in [0.15, 0.2) is 35.3 Å². The average Bonchev–Trinajstić information content (AvgIpc) is 2.88. The molecule has 0 bridgehead atoms. The summed E-state index contributed by atoms with van der Waals surface area (Å²) in [5.41, 5.74) is 9.26. The molecular formula is C24H29N9O7. The van der Waals surface area contributed by atoms with Gasteiger partial charge in [-0.15, -0.1) is 0 Å². The lowest BCUT2D eigenvalue weighted by molar-refractivity contribution is -0.139. The quantitative estimate of drug-likeness (QED) is 0.209. The van der Waals surface area contributed by atoms with Crippen LogP contribution in [0.3, 0.4) is 0 Å². The number of ether oxygens (including phenoxy) is 1. The maximum absolute atomic E-state index is 12.7. The fourth-order valence-electron chi connectivity index (χ4n) is 3.32. The number of hydrogen-bond donors (Lipinski definition) is 6. The van der Waals surface area contributed by atoms with Crippen molar-refractivity contribution in [2.75, 3.05) is 17.7 Å². The molecule has 0 unspecified atom stereocenters. The lowest BCUT2D eigenvalue weighted by Crippen LogP contribution is -2.45. The van der Waals surface area contributed by atoms with E-state index >= 15 is 0 Å². The summed E-state index contributed by atoms with van der Waals surface area (Å²) < 4.78 is 4.98. The van der Waals surface area contributed by atoms with Crippen molar-refractivity contribution in [2.45, 2.75) is 45.3 Å². The summed E-state index contributed by atoms with van der Waals surface area (Å²) in [7, 11) is 1.67. The molecule has 2 heterocycles. The highest BCUT2D eigenvalue weighted by Crippen LogP contribution is 2.22. The first kappa shape index (κ1) is 29.3. The maximum Gasteiger partial charge on any atom is 0.426 e. The summed E-state index contributed by atoms with van der Waals surface area (Å²) in [6.07, 6.45) is 0.00539. The number of H-pyrrole nitrogens is 1. The monoisotopic (exact) mass is 555 g/mol. The molecule has 3 aromatic rings. The third kappa shape index (κ3) is 7.86. The van der Waals surface area contributed by atoms with E-state index in [4.69, 9.17) is 10.5 Å². The standard InChI is InChI=1S/C24H29N9O7/c1-24(2,3)40-23(39)32-31-16(34)10-9-14(21(37)38)27-19(35)12-5-7-13(8-6-12)33(4)15-11-26-18-17(28-15)20(36)30-22(25)29-18/h5-8,11,14H,9-10H2,1-4H3,(H,27,35)(H,31,34)(H,32,39)(H,37,38)(H3,25,26,29,30,36)/t14-/m0/s1. The number of aromatic nitrogens is 4. The second-order valence-corrected chi connectivity index (χ2v) is 9.54. The Morgan fingerprint density at radius 2 is 1.80 bits per heavy atom. The van der Waals surface area contributed by atoms with E-state index in [2.05, 4.69) is 36.1 Å². The van der Waals surface area contributed by atoms with E-state index in [1.165, 1.54) is 18.3 Å². The van der Waals surface area contributed by atoms with Crippen LogP contribution in [0.4, 0.5) is 22.2 Å². The molecule has 0 spiro atoms. The minimum Gasteiger partial charge on any atom is -0.480 e. The smallest absolute Gasteiger partial charge is 0.426 e. The molecule has 212 valence electrons. The molecule has 1 atom stereocenters. The number of hydrazine groups is 1. The van der Waals surface area contributed by atoms with Crippen LogP contribution in [0, 0.1) is 0 Å². The number of carbonyl (C=O) groups excluding carboxylic acids is 3. The number of nitrogen functional groups attached to an aromatic ring is 1. The number of amides is 3. The number of fused-ring (bicyclic) bond motifs is 1. The van der Waals surface area contributed by atoms with Crippen molar-refractivity contribution in [1.29, 1.82) is 0 Å². The molecule has 0 saturated carbocycles. The van der Waals surface area contributed by atoms with Crippen molar-refractivity contribution in [3.05, 3.63) is 46.4 Å². The summed E-state index contributed by atoms with van der Waals surface area (Å²) >= 11 is 0. The van der Waals surface area contributed by atoms with Crippen LogP contribution >= 0.6 is 0 Å². The van der Waals surface area contributed by atoms with Crippen molar-refractivity contribution in [3.8, 4) is 0 Å². The Morgan fingerprint density at radius 3 is 2.42 bits per heavy atom. The molecule has 3 rings (SSSR count). The number of carbonyl (C=O) groups is 4. The highest BCUT2D eigenvalue weighted by Gasteiger charge is 2.23. The van der Waals surface area contributed by atoms with Gasteiger partial charge in [0.25, 0.3) is 11.5 Å². The van der Waals surface area contributed by atoms with E-state index in [-0.39, 0.29) is 35.5 Å². The Bertz CT molecular complexity index is 1480. The van der Waals surface area contributed by atoms with Gasteiger partial charge in [0.05, 0.1) is 6.20 Å². The van der Waals surface area contributed by atoms with Crippen molar-refractivity contribution in [3.63, 3.8) is 0 Å². The van der Waals surface area contributed by atoms with Crippen molar-refractivity contribution >= 4 is 52.5 Å². The Morgan fingerprint density at radius 1 is 1.12 bits per heavy atom. The van der Waals surface area contributed by atoms with Crippen LogP contribution in [0.5, 0.6) is 0 Å². The molecule has 0 radical (unpaired) electrons. The average molecular weight is 556 g/mol. The van der Waals surface area contributed by atoms with Gasteiger partial charge >= 0.3 is 12.1 Å². The topological polar surface area (TPSA) is 235 Å². The van der Waals surface area contributed by atoms with Gasteiger partial charge in [0.1, 0.15) is 11.6 Å². The molecular weight excluding hydrogens is 526 g/mol. The van der Waals surface area contributed by atoms with Gasteiger partial charge < -0.3 is 25.8 Å². The normalized spacial score (nSPS) is 11.8. The van der Waals surface area contributed by atoms with Gasteiger partial charge in [-0.05, 0) is 51.5 Å². The number of nitrogens with zero attached hydrogens (tertiary/aromatic N) is 4. The lowest BCUT2D eigenvalue weighted by Gasteiger charge is -2.20. The number of benzene rings is 1. The number of hydrogen-bond acceptors (Lipinski definition) is 11. The number of anilines is 3. The first-order valence-corrected chi connectivity index (χ1v) is 11.9. The van der Waals surface area contributed by atoms with E-state index in [1.807, 2.05) is 0 Å². The van der Waals surface area contributed by atoms with Gasteiger partial charge in [-0.1, -0.05) is 0 Å². The number of nitrogens with one attached hydrogen (secondary N) is 4. The Labute approximate surface area is 227 Å². The highest BCUT2D eigenvalue weighted by molar-refractivity contribution is 5.97. The molecule has 16 nitrogen and oxygen atoms in total. The number of nitrogens with two attached hydrogens (primary N) is 1. The zero-order chi connectivity index (χ0) is 29.6. The first-order chi connectivity index (χ1) is 18.7. The van der Waals surface area contributed by atoms with Crippen molar-refractivity contribution in [2.24, 2.45) is 0 Å². The van der Waals surface area contributed by atoms with E-state index < -0.39 is 41.1 Å². The summed E-state index contributed by atoms with van der Waals surface area (Å²) in [6.45, 7) is 4.95. The number of aromatic amines is 1. The molecule has 0 aliphatic carbocycles. The molecule has 2 aromatic heterocycles. The minimum absolute atomic E-state index is 0.00330. The summed E-state index contributed by atoms with van der Waals surface area (Å²) in [5.74, 6) is -2.43. The molecule has 0 aliphatic heterocycles. The number of rotatable bonds is 8. The largest absolute Gasteiger partial charge is 0.480 e.